The Morgan fingerprint density at radius 3 is 2.41 bits per heavy atom. The topological polar surface area (TPSA) is 75.7 Å². The normalized spacial score (nSPS) is 11.1. The predicted octanol–water partition coefficient (Wildman–Crippen LogP) is 2.84. The van der Waals surface area contributed by atoms with Crippen LogP contribution in [0, 0.1) is 0 Å². The molecule has 2 rings (SSSR count). The molecule has 1 N–H and O–H groups in total. The van der Waals surface area contributed by atoms with Crippen molar-refractivity contribution in [3.63, 3.8) is 0 Å². The highest BCUT2D eigenvalue weighted by atomic mass is 32.2. The summed E-state index contributed by atoms with van der Waals surface area (Å²) in [6.07, 6.45) is 2.72. The zero-order chi connectivity index (χ0) is 19.9. The first-order valence-electron chi connectivity index (χ1n) is 8.85. The fraction of sp³-hybridized carbons (Fsp3) is 0.350. The van der Waals surface area contributed by atoms with Gasteiger partial charge in [0.2, 0.25) is 10.0 Å². The average Bonchev–Trinajstić information content (AvgIpc) is 2.65. The first-order valence-corrected chi connectivity index (χ1v) is 10.7. The van der Waals surface area contributed by atoms with E-state index in [1.54, 1.807) is 24.3 Å². The van der Waals surface area contributed by atoms with Gasteiger partial charge in [-0.3, -0.25) is 9.10 Å². The van der Waals surface area contributed by atoms with Gasteiger partial charge in [-0.05, 0) is 49.6 Å². The number of carbonyl (C=O) groups excluding carboxylic acids is 1. The smallest absolute Gasteiger partial charge is 0.253 e. The van der Waals surface area contributed by atoms with Crippen LogP contribution in [0.4, 0.5) is 5.69 Å². The second-order valence-corrected chi connectivity index (χ2v) is 8.20. The van der Waals surface area contributed by atoms with E-state index >= 15 is 0 Å². The largest absolute Gasteiger partial charge is 0.494 e. The van der Waals surface area contributed by atoms with Crippen LogP contribution in [0.15, 0.2) is 48.5 Å². The van der Waals surface area contributed by atoms with Crippen molar-refractivity contribution in [1.82, 2.24) is 5.32 Å². The summed E-state index contributed by atoms with van der Waals surface area (Å²) in [5.74, 6) is 0.564. The van der Waals surface area contributed by atoms with Gasteiger partial charge in [0.15, 0.2) is 0 Å². The third kappa shape index (κ3) is 5.99. The number of anilines is 1. The molecule has 27 heavy (non-hydrogen) atoms. The van der Waals surface area contributed by atoms with Gasteiger partial charge < -0.3 is 10.1 Å². The monoisotopic (exact) mass is 390 g/mol. The molecule has 0 bridgehead atoms. The van der Waals surface area contributed by atoms with Gasteiger partial charge in [0.25, 0.3) is 5.91 Å². The lowest BCUT2D eigenvalue weighted by molar-refractivity contribution is 0.0954. The average molecular weight is 391 g/mol. The van der Waals surface area contributed by atoms with E-state index in [1.807, 2.05) is 31.2 Å². The van der Waals surface area contributed by atoms with Crippen LogP contribution in [0.3, 0.4) is 0 Å². The lowest BCUT2D eigenvalue weighted by Gasteiger charge is -2.19. The quantitative estimate of drug-likeness (QED) is 0.668. The van der Waals surface area contributed by atoms with Crippen LogP contribution in [0.2, 0.25) is 0 Å². The molecule has 6 nitrogen and oxygen atoms in total. The number of amides is 1. The van der Waals surface area contributed by atoms with Crippen molar-refractivity contribution in [1.29, 1.82) is 0 Å². The molecule has 0 aliphatic carbocycles. The molecule has 146 valence electrons. The lowest BCUT2D eigenvalue weighted by Crippen LogP contribution is -2.30. The maximum Gasteiger partial charge on any atom is 0.253 e. The Morgan fingerprint density at radius 1 is 1.11 bits per heavy atom. The molecule has 2 aromatic rings. The van der Waals surface area contributed by atoms with Gasteiger partial charge >= 0.3 is 0 Å². The molecule has 0 spiro atoms. The molecule has 0 saturated heterocycles. The highest BCUT2D eigenvalue weighted by Crippen LogP contribution is 2.21. The van der Waals surface area contributed by atoms with E-state index in [1.165, 1.54) is 12.6 Å². The highest BCUT2D eigenvalue weighted by molar-refractivity contribution is 7.92. The lowest BCUT2D eigenvalue weighted by atomic mass is 10.1. The first kappa shape index (κ1) is 20.8. The Hall–Kier alpha value is -2.54. The van der Waals surface area contributed by atoms with E-state index in [2.05, 4.69) is 5.32 Å². The zero-order valence-corrected chi connectivity index (χ0v) is 16.8. The molecule has 0 radical (unpaired) electrons. The van der Waals surface area contributed by atoms with Crippen molar-refractivity contribution in [2.75, 3.05) is 30.8 Å². The summed E-state index contributed by atoms with van der Waals surface area (Å²) in [4.78, 5) is 12.5. The molecule has 0 heterocycles. The van der Waals surface area contributed by atoms with E-state index in [4.69, 9.17) is 4.74 Å². The van der Waals surface area contributed by atoms with Crippen molar-refractivity contribution < 1.29 is 17.9 Å². The third-order valence-corrected chi connectivity index (χ3v) is 5.34. The third-order valence-electron chi connectivity index (χ3n) is 4.15. The van der Waals surface area contributed by atoms with E-state index in [9.17, 15) is 13.2 Å². The van der Waals surface area contributed by atoms with Gasteiger partial charge in [-0.15, -0.1) is 0 Å². The van der Waals surface area contributed by atoms with Crippen molar-refractivity contribution in [2.45, 2.75) is 19.8 Å². The summed E-state index contributed by atoms with van der Waals surface area (Å²) in [5.41, 5.74) is 1.88. The second-order valence-electron chi connectivity index (χ2n) is 6.18. The molecule has 0 aromatic heterocycles. The van der Waals surface area contributed by atoms with Crippen LogP contribution >= 0.6 is 0 Å². The van der Waals surface area contributed by atoms with Crippen molar-refractivity contribution in [2.24, 2.45) is 0 Å². The summed E-state index contributed by atoms with van der Waals surface area (Å²) in [5, 5.41) is 2.86. The number of sulfonamides is 1. The predicted molar refractivity (Wildman–Crippen MR) is 108 cm³/mol. The summed E-state index contributed by atoms with van der Waals surface area (Å²) in [6, 6.07) is 14.6. The fourth-order valence-electron chi connectivity index (χ4n) is 2.63. The number of aryl methyl sites for hydroxylation is 1. The molecule has 1 amide bonds. The zero-order valence-electron chi connectivity index (χ0n) is 15.9. The molecule has 0 aliphatic heterocycles. The minimum absolute atomic E-state index is 0.284. The fourth-order valence-corrected chi connectivity index (χ4v) is 3.14. The molecule has 0 atom stereocenters. The SMILES string of the molecule is CCOc1ccc(CCCNC(=O)c2ccccc2N(C)S(C)(=O)=O)cc1. The van der Waals surface area contributed by atoms with Crippen molar-refractivity contribution in [3.8, 4) is 5.75 Å². The van der Waals surface area contributed by atoms with Crippen LogP contribution in [0.5, 0.6) is 5.75 Å². The standard InChI is InChI=1S/C20H26N2O4S/c1-4-26-17-13-11-16(12-14-17)8-7-15-21-20(23)18-9-5-6-10-19(18)22(2)27(3,24)25/h5-6,9-14H,4,7-8,15H2,1-3H3,(H,21,23). The Morgan fingerprint density at radius 2 is 1.78 bits per heavy atom. The Balaban J connectivity index is 1.91. The molecule has 0 saturated carbocycles. The molecule has 0 unspecified atom stereocenters. The molecular formula is C20H26N2O4S. The number of nitrogens with zero attached hydrogens (tertiary/aromatic N) is 1. The summed E-state index contributed by atoms with van der Waals surface area (Å²) < 4.78 is 30.1. The number of hydrogen-bond acceptors (Lipinski definition) is 4. The number of ether oxygens (including phenoxy) is 1. The number of hydrogen-bond donors (Lipinski definition) is 1. The van der Waals surface area contributed by atoms with Crippen LogP contribution in [-0.2, 0) is 16.4 Å². The van der Waals surface area contributed by atoms with Gasteiger partial charge in [0.05, 0.1) is 24.1 Å². The number of benzene rings is 2. The summed E-state index contributed by atoms with van der Waals surface area (Å²) in [6.45, 7) is 3.09. The van der Waals surface area contributed by atoms with Gasteiger partial charge in [0, 0.05) is 13.6 Å². The molecule has 2 aromatic carbocycles. The Bertz CT molecular complexity index is 864. The number of rotatable bonds is 9. The molecule has 7 heteroatoms. The van der Waals surface area contributed by atoms with Gasteiger partial charge in [-0.1, -0.05) is 24.3 Å². The maximum atomic E-state index is 12.5. The van der Waals surface area contributed by atoms with Crippen LogP contribution in [0.1, 0.15) is 29.3 Å². The van der Waals surface area contributed by atoms with Crippen LogP contribution < -0.4 is 14.4 Å². The van der Waals surface area contributed by atoms with Crippen LogP contribution in [-0.4, -0.2) is 40.8 Å². The van der Waals surface area contributed by atoms with Gasteiger partial charge in [0.1, 0.15) is 5.75 Å². The minimum Gasteiger partial charge on any atom is -0.494 e. The summed E-state index contributed by atoms with van der Waals surface area (Å²) >= 11 is 0. The van der Waals surface area contributed by atoms with Gasteiger partial charge in [-0.2, -0.15) is 0 Å². The van der Waals surface area contributed by atoms with Crippen molar-refractivity contribution in [3.05, 3.63) is 59.7 Å². The van der Waals surface area contributed by atoms with E-state index < -0.39 is 10.0 Å². The Labute approximate surface area is 161 Å². The highest BCUT2D eigenvalue weighted by Gasteiger charge is 2.19. The summed E-state index contributed by atoms with van der Waals surface area (Å²) in [7, 11) is -2.00. The molecule has 0 aliphatic rings. The number of carbonyl (C=O) groups is 1. The van der Waals surface area contributed by atoms with E-state index in [-0.39, 0.29) is 5.91 Å². The van der Waals surface area contributed by atoms with Crippen molar-refractivity contribution >= 4 is 21.6 Å². The van der Waals surface area contributed by atoms with Crippen LogP contribution in [0.25, 0.3) is 0 Å². The number of para-hydroxylation sites is 1. The Kier molecular flexibility index (Phi) is 7.24. The molecule has 0 fully saturated rings. The second kappa shape index (κ2) is 9.41. The van der Waals surface area contributed by atoms with E-state index in [0.717, 1.165) is 29.2 Å². The molecular weight excluding hydrogens is 364 g/mol. The maximum absolute atomic E-state index is 12.5. The minimum atomic E-state index is -3.44. The number of nitrogens with one attached hydrogen (secondary N) is 1. The van der Waals surface area contributed by atoms with E-state index in [0.29, 0.717) is 24.4 Å². The van der Waals surface area contributed by atoms with Gasteiger partial charge in [-0.25, -0.2) is 8.42 Å². The first-order chi connectivity index (χ1) is 12.8.